The second kappa shape index (κ2) is 6.20. The Balaban J connectivity index is 2.45. The Kier molecular flexibility index (Phi) is 4.90. The Hall–Kier alpha value is -1.83. The first kappa shape index (κ1) is 14.2. The van der Waals surface area contributed by atoms with E-state index in [9.17, 15) is 14.4 Å². The first-order valence-corrected chi connectivity index (χ1v) is 5.55. The summed E-state index contributed by atoms with van der Waals surface area (Å²) in [6, 6.07) is -1.87. The van der Waals surface area contributed by atoms with Gasteiger partial charge in [-0.25, -0.2) is 4.79 Å². The number of aliphatic carboxylic acids is 1. The van der Waals surface area contributed by atoms with Gasteiger partial charge in [-0.3, -0.25) is 9.59 Å². The maximum Gasteiger partial charge on any atom is 0.315 e. The Morgan fingerprint density at radius 3 is 2.56 bits per heavy atom. The molecule has 1 rings (SSSR count). The summed E-state index contributed by atoms with van der Waals surface area (Å²) in [5.41, 5.74) is 0. The average Bonchev–Trinajstić information content (AvgIpc) is 2.75. The molecule has 0 bridgehead atoms. The van der Waals surface area contributed by atoms with E-state index in [4.69, 9.17) is 9.84 Å². The van der Waals surface area contributed by atoms with Crippen LogP contribution >= 0.6 is 0 Å². The molecule has 8 nitrogen and oxygen atoms in total. The van der Waals surface area contributed by atoms with E-state index in [-0.39, 0.29) is 19.1 Å². The molecule has 1 heterocycles. The predicted molar refractivity (Wildman–Crippen MR) is 60.9 cm³/mol. The van der Waals surface area contributed by atoms with Crippen molar-refractivity contribution in [2.75, 3.05) is 20.3 Å². The molecule has 0 radical (unpaired) electrons. The number of ether oxygens (including phenoxy) is 1. The van der Waals surface area contributed by atoms with Crippen LogP contribution in [0, 0.1) is 5.92 Å². The topological polar surface area (TPSA) is 117 Å². The molecule has 8 heteroatoms. The third-order valence-electron chi connectivity index (χ3n) is 2.70. The Morgan fingerprint density at radius 2 is 2.00 bits per heavy atom. The molecule has 0 aromatic rings. The van der Waals surface area contributed by atoms with E-state index in [1.165, 1.54) is 14.0 Å². The van der Waals surface area contributed by atoms with Crippen molar-refractivity contribution in [3.63, 3.8) is 0 Å². The summed E-state index contributed by atoms with van der Waals surface area (Å²) in [6.07, 6.45) is 0. The van der Waals surface area contributed by atoms with E-state index in [0.717, 1.165) is 0 Å². The summed E-state index contributed by atoms with van der Waals surface area (Å²) in [7, 11) is 1.46. The van der Waals surface area contributed by atoms with Crippen molar-refractivity contribution < 1.29 is 24.2 Å². The van der Waals surface area contributed by atoms with E-state index in [1.54, 1.807) is 0 Å². The van der Waals surface area contributed by atoms with Gasteiger partial charge in [0.05, 0.1) is 19.3 Å². The number of carboxylic acids is 1. The van der Waals surface area contributed by atoms with Gasteiger partial charge in [-0.1, -0.05) is 0 Å². The summed E-state index contributed by atoms with van der Waals surface area (Å²) in [4.78, 5) is 33.6. The summed E-state index contributed by atoms with van der Waals surface area (Å²) in [5.74, 6) is -2.11. The molecule has 0 aromatic carbocycles. The fourth-order valence-electron chi connectivity index (χ4n) is 1.63. The zero-order valence-electron chi connectivity index (χ0n) is 10.2. The molecule has 1 saturated heterocycles. The molecule has 0 aliphatic carbocycles. The summed E-state index contributed by atoms with van der Waals surface area (Å²) < 4.78 is 5.00. The van der Waals surface area contributed by atoms with Gasteiger partial charge in [-0.05, 0) is 6.92 Å². The van der Waals surface area contributed by atoms with E-state index >= 15 is 0 Å². The minimum atomic E-state index is -1.02. The van der Waals surface area contributed by atoms with Gasteiger partial charge in [0.15, 0.2) is 0 Å². The fraction of sp³-hybridized carbons (Fsp3) is 0.700. The minimum absolute atomic E-state index is 0.0747. The summed E-state index contributed by atoms with van der Waals surface area (Å²) >= 11 is 0. The van der Waals surface area contributed by atoms with Gasteiger partial charge in [-0.15, -0.1) is 0 Å². The molecule has 1 fully saturated rings. The van der Waals surface area contributed by atoms with E-state index in [1.807, 2.05) is 0 Å². The van der Waals surface area contributed by atoms with Gasteiger partial charge in [-0.2, -0.15) is 0 Å². The van der Waals surface area contributed by atoms with Crippen LogP contribution in [0.4, 0.5) is 4.79 Å². The molecule has 4 N–H and O–H groups in total. The molecule has 1 aliphatic rings. The molecule has 0 aromatic heterocycles. The lowest BCUT2D eigenvalue weighted by atomic mass is 10.0. The largest absolute Gasteiger partial charge is 0.481 e. The molecule has 3 amide bonds. The Bertz CT molecular complexity index is 346. The number of hydrogen-bond acceptors (Lipinski definition) is 4. The Morgan fingerprint density at radius 1 is 1.33 bits per heavy atom. The van der Waals surface area contributed by atoms with Gasteiger partial charge < -0.3 is 25.8 Å². The highest BCUT2D eigenvalue weighted by Gasteiger charge is 2.35. The van der Waals surface area contributed by atoms with E-state index < -0.39 is 30.0 Å². The van der Waals surface area contributed by atoms with E-state index in [2.05, 4.69) is 16.0 Å². The number of carbonyl (C=O) groups excluding carboxylic acids is 2. The van der Waals surface area contributed by atoms with Gasteiger partial charge in [0, 0.05) is 7.05 Å². The maximum atomic E-state index is 11.5. The smallest absolute Gasteiger partial charge is 0.315 e. The standard InChI is InChI=1S/C10H17N3O5/c1-5(8(14)11-2)12-10(17)13-7-4-18-3-6(7)9(15)16/h5-7H,3-4H2,1-2H3,(H,11,14)(H,15,16)(H2,12,13,17). The number of carboxylic acid groups (broad SMARTS) is 1. The third-order valence-corrected chi connectivity index (χ3v) is 2.70. The highest BCUT2D eigenvalue weighted by Crippen LogP contribution is 2.13. The third kappa shape index (κ3) is 3.59. The number of urea groups is 1. The van der Waals surface area contributed by atoms with Gasteiger partial charge in [0.2, 0.25) is 5.91 Å². The lowest BCUT2D eigenvalue weighted by molar-refractivity contribution is -0.142. The number of hydrogen-bond donors (Lipinski definition) is 4. The lowest BCUT2D eigenvalue weighted by Crippen LogP contribution is -2.52. The molecular formula is C10H17N3O5. The van der Waals surface area contributed by atoms with Gasteiger partial charge in [0.25, 0.3) is 0 Å². The molecule has 18 heavy (non-hydrogen) atoms. The van der Waals surface area contributed by atoms with Crippen molar-refractivity contribution >= 4 is 17.9 Å². The van der Waals surface area contributed by atoms with Crippen LogP contribution in [0.1, 0.15) is 6.92 Å². The fourth-order valence-corrected chi connectivity index (χ4v) is 1.63. The quantitative estimate of drug-likeness (QED) is 0.491. The van der Waals surface area contributed by atoms with Crippen LogP contribution in [-0.4, -0.2) is 55.4 Å². The van der Waals surface area contributed by atoms with Crippen molar-refractivity contribution in [2.45, 2.75) is 19.0 Å². The predicted octanol–water partition coefficient (Wildman–Crippen LogP) is -1.48. The lowest BCUT2D eigenvalue weighted by Gasteiger charge is -2.18. The maximum absolute atomic E-state index is 11.5. The van der Waals surface area contributed by atoms with Crippen LogP contribution in [-0.2, 0) is 14.3 Å². The van der Waals surface area contributed by atoms with Crippen molar-refractivity contribution in [2.24, 2.45) is 5.92 Å². The highest BCUT2D eigenvalue weighted by atomic mass is 16.5. The molecular weight excluding hydrogens is 242 g/mol. The molecule has 0 spiro atoms. The summed E-state index contributed by atoms with van der Waals surface area (Å²) in [5, 5.41) is 16.2. The molecule has 3 unspecified atom stereocenters. The van der Waals surface area contributed by atoms with Crippen LogP contribution in [0.15, 0.2) is 0 Å². The van der Waals surface area contributed by atoms with Gasteiger partial charge in [0.1, 0.15) is 12.0 Å². The first-order valence-electron chi connectivity index (χ1n) is 5.55. The Labute approximate surface area is 104 Å². The van der Waals surface area contributed by atoms with E-state index in [0.29, 0.717) is 0 Å². The van der Waals surface area contributed by atoms with Gasteiger partial charge >= 0.3 is 12.0 Å². The number of rotatable bonds is 4. The zero-order valence-corrected chi connectivity index (χ0v) is 10.2. The van der Waals surface area contributed by atoms with Crippen LogP contribution in [0.3, 0.4) is 0 Å². The van der Waals surface area contributed by atoms with Crippen LogP contribution in [0.5, 0.6) is 0 Å². The number of carbonyl (C=O) groups is 3. The second-order valence-corrected chi connectivity index (χ2v) is 4.04. The molecule has 0 saturated carbocycles. The van der Waals surface area contributed by atoms with Crippen LogP contribution < -0.4 is 16.0 Å². The normalized spacial score (nSPS) is 24.1. The van der Waals surface area contributed by atoms with Crippen LogP contribution in [0.25, 0.3) is 0 Å². The highest BCUT2D eigenvalue weighted by molar-refractivity contribution is 5.86. The monoisotopic (exact) mass is 259 g/mol. The molecule has 1 aliphatic heterocycles. The first-order chi connectivity index (χ1) is 8.45. The van der Waals surface area contributed by atoms with Crippen molar-refractivity contribution in [1.82, 2.24) is 16.0 Å². The van der Waals surface area contributed by atoms with Crippen molar-refractivity contribution in [3.05, 3.63) is 0 Å². The molecule has 102 valence electrons. The number of amides is 3. The minimum Gasteiger partial charge on any atom is -0.481 e. The SMILES string of the molecule is CNC(=O)C(C)NC(=O)NC1COCC1C(=O)O. The van der Waals surface area contributed by atoms with Crippen LogP contribution in [0.2, 0.25) is 0 Å². The summed E-state index contributed by atoms with van der Waals surface area (Å²) in [6.45, 7) is 1.75. The zero-order chi connectivity index (χ0) is 13.7. The number of likely N-dealkylation sites (N-methyl/N-ethyl adjacent to an activating group) is 1. The molecule has 3 atom stereocenters. The second-order valence-electron chi connectivity index (χ2n) is 4.04. The number of nitrogens with one attached hydrogen (secondary N) is 3. The van der Waals surface area contributed by atoms with Crippen molar-refractivity contribution in [1.29, 1.82) is 0 Å². The van der Waals surface area contributed by atoms with Crippen molar-refractivity contribution in [3.8, 4) is 0 Å². The average molecular weight is 259 g/mol.